The van der Waals surface area contributed by atoms with Gasteiger partial charge in [0, 0.05) is 55.6 Å². The fourth-order valence-corrected chi connectivity index (χ4v) is 4.07. The summed E-state index contributed by atoms with van der Waals surface area (Å²) in [6, 6.07) is 19.4. The molecule has 1 saturated heterocycles. The predicted octanol–water partition coefficient (Wildman–Crippen LogP) is 4.99. The number of hydrogen-bond donors (Lipinski definition) is 0. The van der Waals surface area contributed by atoms with E-state index in [9.17, 15) is 9.59 Å². The number of carbonyl (C=O) groups is 2. The van der Waals surface area contributed by atoms with Crippen molar-refractivity contribution < 1.29 is 19.1 Å². The number of methoxy groups -OCH3 is 1. The molecule has 1 aliphatic heterocycles. The maximum Gasteiger partial charge on any atom is 0.410 e. The highest BCUT2D eigenvalue weighted by Gasteiger charge is 2.25. The summed E-state index contributed by atoms with van der Waals surface area (Å²) in [4.78, 5) is 32.5. The number of piperazine rings is 1. The fraction of sp³-hybridized carbons (Fsp3) is 0.323. The van der Waals surface area contributed by atoms with Crippen LogP contribution in [0.15, 0.2) is 66.9 Å². The number of carbonyl (C=O) groups excluding carboxylic acids is 2. The molecule has 7 nitrogen and oxygen atoms in total. The zero-order valence-corrected chi connectivity index (χ0v) is 22.4. The topological polar surface area (TPSA) is 72.0 Å². The summed E-state index contributed by atoms with van der Waals surface area (Å²) < 4.78 is 10.3. The highest BCUT2D eigenvalue weighted by atomic mass is 16.6. The molecule has 38 heavy (non-hydrogen) atoms. The zero-order chi connectivity index (χ0) is 27.1. The molecule has 0 spiro atoms. The Balaban J connectivity index is 1.30. The highest BCUT2D eigenvalue weighted by Crippen LogP contribution is 2.19. The minimum absolute atomic E-state index is 0.237. The Bertz CT molecular complexity index is 1320. The molecule has 1 fully saturated rings. The molecular formula is C31H33N3O4. The van der Waals surface area contributed by atoms with Crippen molar-refractivity contribution in [2.45, 2.75) is 32.9 Å². The molecule has 2 aromatic carbocycles. The number of aromatic nitrogens is 1. The molecule has 1 aliphatic rings. The van der Waals surface area contributed by atoms with Gasteiger partial charge in [-0.25, -0.2) is 9.59 Å². The number of pyridine rings is 1. The van der Waals surface area contributed by atoms with Crippen LogP contribution in [0.3, 0.4) is 0 Å². The van der Waals surface area contributed by atoms with E-state index >= 15 is 0 Å². The number of hydrogen-bond acceptors (Lipinski definition) is 6. The van der Waals surface area contributed by atoms with E-state index in [0.717, 1.165) is 36.3 Å². The van der Waals surface area contributed by atoms with Crippen molar-refractivity contribution >= 4 is 12.1 Å². The van der Waals surface area contributed by atoms with Crippen LogP contribution in [-0.4, -0.2) is 65.7 Å². The summed E-state index contributed by atoms with van der Waals surface area (Å²) in [5, 5.41) is 0. The third-order valence-corrected chi connectivity index (χ3v) is 6.10. The van der Waals surface area contributed by atoms with Crippen LogP contribution in [0.5, 0.6) is 0 Å². The number of ether oxygens (including phenoxy) is 2. The average molecular weight is 512 g/mol. The lowest BCUT2D eigenvalue weighted by Gasteiger charge is -2.35. The Labute approximate surface area is 224 Å². The molecular weight excluding hydrogens is 478 g/mol. The van der Waals surface area contributed by atoms with Crippen LogP contribution in [0.1, 0.15) is 47.8 Å². The zero-order valence-electron chi connectivity index (χ0n) is 22.4. The monoisotopic (exact) mass is 511 g/mol. The summed E-state index contributed by atoms with van der Waals surface area (Å²) in [6.07, 6.45) is 1.36. The van der Waals surface area contributed by atoms with Crippen LogP contribution in [0, 0.1) is 11.8 Å². The van der Waals surface area contributed by atoms with Gasteiger partial charge in [-0.05, 0) is 62.7 Å². The van der Waals surface area contributed by atoms with E-state index in [4.69, 9.17) is 9.47 Å². The molecule has 1 aromatic heterocycles. The molecule has 7 heteroatoms. The first-order chi connectivity index (χ1) is 18.2. The first-order valence-electron chi connectivity index (χ1n) is 12.7. The molecule has 196 valence electrons. The maximum absolute atomic E-state index is 12.3. The van der Waals surface area contributed by atoms with Crippen molar-refractivity contribution in [3.63, 3.8) is 0 Å². The fourth-order valence-electron chi connectivity index (χ4n) is 4.07. The second kappa shape index (κ2) is 11.9. The van der Waals surface area contributed by atoms with Gasteiger partial charge in [-0.1, -0.05) is 36.1 Å². The molecule has 2 heterocycles. The number of amides is 1. The Hall–Kier alpha value is -4.15. The molecule has 0 saturated carbocycles. The quantitative estimate of drug-likeness (QED) is 0.363. The molecule has 0 N–H and O–H groups in total. The number of benzene rings is 2. The van der Waals surface area contributed by atoms with Crippen LogP contribution in [-0.2, 0) is 16.0 Å². The van der Waals surface area contributed by atoms with Gasteiger partial charge in [0.15, 0.2) is 0 Å². The Kier molecular flexibility index (Phi) is 8.45. The van der Waals surface area contributed by atoms with Gasteiger partial charge < -0.3 is 14.4 Å². The summed E-state index contributed by atoms with van der Waals surface area (Å²) in [5.41, 5.74) is 4.65. The van der Waals surface area contributed by atoms with Crippen molar-refractivity contribution in [1.29, 1.82) is 0 Å². The van der Waals surface area contributed by atoms with Crippen LogP contribution >= 0.6 is 0 Å². The van der Waals surface area contributed by atoms with E-state index in [1.807, 2.05) is 57.2 Å². The number of rotatable bonds is 4. The largest absolute Gasteiger partial charge is 0.465 e. The Morgan fingerprint density at radius 2 is 1.50 bits per heavy atom. The van der Waals surface area contributed by atoms with Gasteiger partial charge >= 0.3 is 12.1 Å². The molecule has 4 rings (SSSR count). The summed E-state index contributed by atoms with van der Waals surface area (Å²) in [6.45, 7) is 9.48. The normalized spacial score (nSPS) is 13.8. The smallest absolute Gasteiger partial charge is 0.410 e. The van der Waals surface area contributed by atoms with E-state index in [2.05, 4.69) is 33.9 Å². The van der Waals surface area contributed by atoms with E-state index in [0.29, 0.717) is 24.3 Å². The van der Waals surface area contributed by atoms with Gasteiger partial charge in [-0.15, -0.1) is 0 Å². The molecule has 0 unspecified atom stereocenters. The molecule has 1 amide bonds. The summed E-state index contributed by atoms with van der Waals surface area (Å²) in [7, 11) is 1.36. The number of esters is 1. The van der Waals surface area contributed by atoms with Crippen LogP contribution in [0.2, 0.25) is 0 Å². The lowest BCUT2D eigenvalue weighted by molar-refractivity contribution is 0.0139. The van der Waals surface area contributed by atoms with Crippen molar-refractivity contribution in [2.24, 2.45) is 0 Å². The molecule has 3 aromatic rings. The number of nitrogens with zero attached hydrogens (tertiary/aromatic N) is 3. The first kappa shape index (κ1) is 26.9. The van der Waals surface area contributed by atoms with E-state index in [1.54, 1.807) is 23.2 Å². The SMILES string of the molecule is COC(=O)c1ccnc(-c2ccc(C#Cc3ccc(CN4CCN(C(=O)OC(C)(C)C)CC4)cc3)cc2)c1. The van der Waals surface area contributed by atoms with E-state index in [1.165, 1.54) is 12.7 Å². The summed E-state index contributed by atoms with van der Waals surface area (Å²) in [5.74, 6) is 6.04. The van der Waals surface area contributed by atoms with Crippen molar-refractivity contribution in [2.75, 3.05) is 33.3 Å². The summed E-state index contributed by atoms with van der Waals surface area (Å²) >= 11 is 0. The van der Waals surface area contributed by atoms with Gasteiger partial charge in [-0.3, -0.25) is 9.88 Å². The molecule has 0 bridgehead atoms. The standard InChI is InChI=1S/C31H33N3O4/c1-31(2,3)38-30(36)34-19-17-33(18-20-34)22-25-9-7-23(8-10-25)5-6-24-11-13-26(14-12-24)28-21-27(15-16-32-28)29(35)37-4/h7-16,21H,17-20,22H2,1-4H3. The van der Waals surface area contributed by atoms with Gasteiger partial charge in [0.1, 0.15) is 5.60 Å². The second-order valence-corrected chi connectivity index (χ2v) is 10.2. The third kappa shape index (κ3) is 7.44. The third-order valence-electron chi connectivity index (χ3n) is 6.10. The van der Waals surface area contributed by atoms with Crippen molar-refractivity contribution in [3.8, 4) is 23.1 Å². The lowest BCUT2D eigenvalue weighted by atomic mass is 10.1. The first-order valence-corrected chi connectivity index (χ1v) is 12.7. The van der Waals surface area contributed by atoms with Gasteiger partial charge in [0.25, 0.3) is 0 Å². The molecule has 0 aliphatic carbocycles. The van der Waals surface area contributed by atoms with Crippen molar-refractivity contribution in [3.05, 3.63) is 89.1 Å². The minimum atomic E-state index is -0.473. The Morgan fingerprint density at radius 3 is 2.08 bits per heavy atom. The molecule has 0 radical (unpaired) electrons. The van der Waals surface area contributed by atoms with Gasteiger partial charge in [0.05, 0.1) is 18.4 Å². The van der Waals surface area contributed by atoms with Crippen LogP contribution < -0.4 is 0 Å². The van der Waals surface area contributed by atoms with Crippen LogP contribution in [0.25, 0.3) is 11.3 Å². The minimum Gasteiger partial charge on any atom is -0.465 e. The van der Waals surface area contributed by atoms with Crippen molar-refractivity contribution in [1.82, 2.24) is 14.8 Å². The van der Waals surface area contributed by atoms with Crippen LogP contribution in [0.4, 0.5) is 4.79 Å². The van der Waals surface area contributed by atoms with Gasteiger partial charge in [0.2, 0.25) is 0 Å². The lowest BCUT2D eigenvalue weighted by Crippen LogP contribution is -2.49. The highest BCUT2D eigenvalue weighted by molar-refractivity contribution is 5.90. The molecule has 0 atom stereocenters. The van der Waals surface area contributed by atoms with Gasteiger partial charge in [-0.2, -0.15) is 0 Å². The average Bonchev–Trinajstić information content (AvgIpc) is 2.92. The Morgan fingerprint density at radius 1 is 0.895 bits per heavy atom. The second-order valence-electron chi connectivity index (χ2n) is 10.2. The predicted molar refractivity (Wildman–Crippen MR) is 147 cm³/mol. The maximum atomic E-state index is 12.3. The van der Waals surface area contributed by atoms with E-state index < -0.39 is 5.60 Å². The van der Waals surface area contributed by atoms with E-state index in [-0.39, 0.29) is 12.1 Å².